The molecule has 2 heteroatoms. The van der Waals surface area contributed by atoms with Crippen LogP contribution >= 0.6 is 23.5 Å². The van der Waals surface area contributed by atoms with E-state index in [9.17, 15) is 0 Å². The Labute approximate surface area is 186 Å². The van der Waals surface area contributed by atoms with Crippen molar-refractivity contribution in [3.8, 4) is 22.3 Å². The highest BCUT2D eigenvalue weighted by Gasteiger charge is 2.41. The lowest BCUT2D eigenvalue weighted by Crippen LogP contribution is -1.91. The first-order chi connectivity index (χ1) is 14.7. The largest absolute Gasteiger partial charge is 0.116 e. The van der Waals surface area contributed by atoms with Crippen molar-refractivity contribution in [2.24, 2.45) is 0 Å². The molecule has 2 aliphatic rings. The quantitative estimate of drug-likeness (QED) is 0.317. The number of thioether (sulfide) groups is 2. The second-order valence-electron chi connectivity index (χ2n) is 8.31. The van der Waals surface area contributed by atoms with Crippen LogP contribution in [-0.4, -0.2) is 0 Å². The lowest BCUT2D eigenvalue weighted by atomic mass is 9.98. The third-order valence-electron chi connectivity index (χ3n) is 6.19. The van der Waals surface area contributed by atoms with Crippen molar-refractivity contribution in [2.45, 2.75) is 34.1 Å². The fourth-order valence-electron chi connectivity index (χ4n) is 4.44. The van der Waals surface area contributed by atoms with Crippen LogP contribution in [0, 0.1) is 13.8 Å². The fourth-order valence-corrected chi connectivity index (χ4v) is 7.73. The minimum Gasteiger partial charge on any atom is -0.116 e. The molecular weight excluding hydrogens is 400 g/mol. The third kappa shape index (κ3) is 3.02. The molecule has 2 heterocycles. The minimum absolute atomic E-state index is 0.528. The first-order valence-electron chi connectivity index (χ1n) is 10.4. The SMILES string of the molecule is Cc1ccc(-c2ccc3c(c2)SC2c4ccc(-c5ccc(C)cc5)cc4SC32)cc1. The van der Waals surface area contributed by atoms with Crippen molar-refractivity contribution in [1.29, 1.82) is 0 Å². The Morgan fingerprint density at radius 1 is 0.467 bits per heavy atom. The van der Waals surface area contributed by atoms with E-state index < -0.39 is 0 Å². The fraction of sp³-hybridized carbons (Fsp3) is 0.143. The maximum atomic E-state index is 2.39. The summed E-state index contributed by atoms with van der Waals surface area (Å²) in [7, 11) is 0. The Balaban J connectivity index is 1.31. The maximum Gasteiger partial charge on any atom is 0.0519 e. The molecule has 0 fully saturated rings. The molecule has 4 aromatic rings. The Bertz CT molecular complexity index is 1150. The highest BCUT2D eigenvalue weighted by molar-refractivity contribution is 8.05. The summed E-state index contributed by atoms with van der Waals surface area (Å²) in [6, 6.07) is 31.8. The molecule has 4 aromatic carbocycles. The molecular formula is C28H22S2. The van der Waals surface area contributed by atoms with Crippen LogP contribution in [0.5, 0.6) is 0 Å². The lowest BCUT2D eigenvalue weighted by molar-refractivity contribution is 0.939. The summed E-state index contributed by atoms with van der Waals surface area (Å²) in [5.74, 6) is 0. The monoisotopic (exact) mass is 422 g/mol. The van der Waals surface area contributed by atoms with E-state index in [1.54, 1.807) is 0 Å². The minimum atomic E-state index is 0.528. The van der Waals surface area contributed by atoms with Crippen LogP contribution in [0.3, 0.4) is 0 Å². The van der Waals surface area contributed by atoms with E-state index >= 15 is 0 Å². The molecule has 0 saturated carbocycles. The van der Waals surface area contributed by atoms with E-state index in [4.69, 9.17) is 0 Å². The average Bonchev–Trinajstić information content (AvgIpc) is 3.29. The molecule has 0 N–H and O–H groups in total. The van der Waals surface area contributed by atoms with Gasteiger partial charge in [0.2, 0.25) is 0 Å². The van der Waals surface area contributed by atoms with Crippen molar-refractivity contribution < 1.29 is 0 Å². The number of aryl methyl sites for hydroxylation is 2. The summed E-state index contributed by atoms with van der Waals surface area (Å²) >= 11 is 4.09. The van der Waals surface area contributed by atoms with E-state index in [0.717, 1.165) is 0 Å². The van der Waals surface area contributed by atoms with Crippen molar-refractivity contribution in [2.75, 3.05) is 0 Å². The zero-order valence-electron chi connectivity index (χ0n) is 17.1. The Morgan fingerprint density at radius 2 is 0.833 bits per heavy atom. The normalized spacial score (nSPS) is 18.7. The van der Waals surface area contributed by atoms with Crippen LogP contribution in [0.4, 0.5) is 0 Å². The van der Waals surface area contributed by atoms with Gasteiger partial charge in [-0.1, -0.05) is 83.9 Å². The summed E-state index contributed by atoms with van der Waals surface area (Å²) in [5.41, 5.74) is 10.9. The first kappa shape index (κ1) is 18.4. The third-order valence-corrected chi connectivity index (χ3v) is 9.14. The molecule has 0 amide bonds. The van der Waals surface area contributed by atoms with Gasteiger partial charge in [-0.2, -0.15) is 0 Å². The van der Waals surface area contributed by atoms with Crippen LogP contribution in [0.1, 0.15) is 32.8 Å². The van der Waals surface area contributed by atoms with Crippen LogP contribution in [0.15, 0.2) is 94.7 Å². The van der Waals surface area contributed by atoms with Gasteiger partial charge >= 0.3 is 0 Å². The summed E-state index contributed by atoms with van der Waals surface area (Å²) in [6.07, 6.45) is 0. The summed E-state index contributed by atoms with van der Waals surface area (Å²) in [5, 5.41) is 1.06. The zero-order valence-corrected chi connectivity index (χ0v) is 18.7. The molecule has 0 radical (unpaired) electrons. The second kappa shape index (κ2) is 7.08. The van der Waals surface area contributed by atoms with Crippen molar-refractivity contribution in [3.05, 3.63) is 107 Å². The number of rotatable bonds is 2. The van der Waals surface area contributed by atoms with Crippen LogP contribution in [0.2, 0.25) is 0 Å². The molecule has 30 heavy (non-hydrogen) atoms. The maximum absolute atomic E-state index is 2.39. The Morgan fingerprint density at radius 3 is 1.23 bits per heavy atom. The van der Waals surface area contributed by atoms with Gasteiger partial charge in [0, 0.05) is 9.79 Å². The summed E-state index contributed by atoms with van der Waals surface area (Å²) in [6.45, 7) is 4.28. The van der Waals surface area contributed by atoms with E-state index in [1.165, 1.54) is 54.3 Å². The number of benzene rings is 4. The molecule has 2 unspecified atom stereocenters. The molecule has 146 valence electrons. The van der Waals surface area contributed by atoms with Gasteiger partial charge in [0.15, 0.2) is 0 Å². The Hall–Kier alpha value is -2.42. The first-order valence-corrected chi connectivity index (χ1v) is 12.2. The second-order valence-corrected chi connectivity index (χ2v) is 10.7. The van der Waals surface area contributed by atoms with Crippen molar-refractivity contribution >= 4 is 23.5 Å². The smallest absolute Gasteiger partial charge is 0.0519 e. The summed E-state index contributed by atoms with van der Waals surface area (Å²) < 4.78 is 0. The van der Waals surface area contributed by atoms with Crippen molar-refractivity contribution in [1.82, 2.24) is 0 Å². The van der Waals surface area contributed by atoms with Gasteiger partial charge in [0.05, 0.1) is 10.5 Å². The van der Waals surface area contributed by atoms with E-state index in [1.807, 2.05) is 23.5 Å². The molecule has 2 atom stereocenters. The van der Waals surface area contributed by atoms with Crippen molar-refractivity contribution in [3.63, 3.8) is 0 Å². The van der Waals surface area contributed by atoms with Gasteiger partial charge in [-0.25, -0.2) is 0 Å². The predicted octanol–water partition coefficient (Wildman–Crippen LogP) is 8.63. The lowest BCUT2D eigenvalue weighted by Gasteiger charge is -2.09. The van der Waals surface area contributed by atoms with Gasteiger partial charge in [0.25, 0.3) is 0 Å². The predicted molar refractivity (Wildman–Crippen MR) is 130 cm³/mol. The number of hydrogen-bond acceptors (Lipinski definition) is 2. The van der Waals surface area contributed by atoms with Crippen LogP contribution in [0.25, 0.3) is 22.3 Å². The highest BCUT2D eigenvalue weighted by Crippen LogP contribution is 2.66. The average molecular weight is 423 g/mol. The molecule has 2 aliphatic heterocycles. The van der Waals surface area contributed by atoms with Gasteiger partial charge in [-0.3, -0.25) is 0 Å². The van der Waals surface area contributed by atoms with Gasteiger partial charge in [-0.05, 0) is 59.4 Å². The van der Waals surface area contributed by atoms with Crippen LogP contribution < -0.4 is 0 Å². The standard InChI is InChI=1S/C28H22S2/c1-17-3-7-19(8-4-17)21-11-13-23-25(15-21)29-28-24-14-12-22(16-26(24)30-27(23)28)20-9-5-18(2)6-10-20/h3-16,27-28H,1-2H3. The van der Waals surface area contributed by atoms with Gasteiger partial charge in [0.1, 0.15) is 0 Å². The molecule has 0 aromatic heterocycles. The van der Waals surface area contributed by atoms with E-state index in [0.29, 0.717) is 10.5 Å². The molecule has 0 aliphatic carbocycles. The number of hydrogen-bond donors (Lipinski definition) is 0. The van der Waals surface area contributed by atoms with Crippen LogP contribution in [-0.2, 0) is 0 Å². The molecule has 0 bridgehead atoms. The van der Waals surface area contributed by atoms with E-state index in [2.05, 4.69) is 98.8 Å². The van der Waals surface area contributed by atoms with E-state index in [-0.39, 0.29) is 0 Å². The molecule has 0 nitrogen and oxygen atoms in total. The van der Waals surface area contributed by atoms with Gasteiger partial charge in [-0.15, -0.1) is 23.5 Å². The zero-order chi connectivity index (χ0) is 20.2. The topological polar surface area (TPSA) is 0 Å². The Kier molecular flexibility index (Phi) is 4.33. The molecule has 0 spiro atoms. The number of fused-ring (bicyclic) bond motifs is 5. The summed E-state index contributed by atoms with van der Waals surface area (Å²) in [4.78, 5) is 2.90. The highest BCUT2D eigenvalue weighted by atomic mass is 32.2. The van der Waals surface area contributed by atoms with Gasteiger partial charge < -0.3 is 0 Å². The molecule has 0 saturated heterocycles. The molecule has 6 rings (SSSR count).